The summed E-state index contributed by atoms with van der Waals surface area (Å²) in [6, 6.07) is 3.55. The summed E-state index contributed by atoms with van der Waals surface area (Å²) in [7, 11) is -2.56. The molecular weight excluding hydrogens is 527 g/mol. The average molecular weight is 552 g/mol. The Kier molecular flexibility index (Phi) is 7.64. The largest absolute Gasteiger partial charge is 0.488 e. The van der Waals surface area contributed by atoms with Crippen LogP contribution >= 0.6 is 11.3 Å². The molecule has 1 aromatic carbocycles. The Labute approximate surface area is 209 Å². The molecule has 0 amide bonds. The van der Waals surface area contributed by atoms with E-state index in [0.29, 0.717) is 56.9 Å². The molecule has 1 atom stereocenters. The number of nitrogens with one attached hydrogen (secondary N) is 1. The number of alkyl halides is 3. The molecule has 10 nitrogen and oxygen atoms in total. The second kappa shape index (κ2) is 10.4. The number of thiophene rings is 1. The van der Waals surface area contributed by atoms with Crippen molar-refractivity contribution in [3.63, 3.8) is 0 Å². The van der Waals surface area contributed by atoms with Gasteiger partial charge in [-0.15, -0.1) is 0 Å². The molecule has 2 saturated heterocycles. The number of likely N-dealkylation sites (tertiary alicyclic amines) is 1. The highest BCUT2D eigenvalue weighted by molar-refractivity contribution is 7.94. The third-order valence-corrected chi connectivity index (χ3v) is 8.61. The van der Waals surface area contributed by atoms with Crippen LogP contribution < -0.4 is 14.2 Å². The van der Waals surface area contributed by atoms with Crippen LogP contribution in [0.15, 0.2) is 28.5 Å². The summed E-state index contributed by atoms with van der Waals surface area (Å²) in [5.74, 6) is -0.497. The lowest BCUT2D eigenvalue weighted by Gasteiger charge is -2.22. The molecule has 0 unspecified atom stereocenters. The van der Waals surface area contributed by atoms with Crippen LogP contribution in [0.5, 0.6) is 10.8 Å². The third-order valence-electron chi connectivity index (χ3n) is 5.74. The minimum absolute atomic E-state index is 0.158. The van der Waals surface area contributed by atoms with E-state index in [4.69, 9.17) is 14.2 Å². The van der Waals surface area contributed by atoms with Crippen molar-refractivity contribution < 1.29 is 40.7 Å². The van der Waals surface area contributed by atoms with Crippen molar-refractivity contribution in [1.82, 2.24) is 4.90 Å². The van der Waals surface area contributed by atoms with Crippen molar-refractivity contribution in [3.8, 4) is 10.8 Å². The fourth-order valence-corrected chi connectivity index (χ4v) is 6.30. The molecule has 198 valence electrons. The SMILES string of the molecule is CN1CC[C@@H](Oc2cc(NS(=O)(=O)c3cc([N+](=O)[O-])c(OC4CCOCC4)s3)ccc2C(F)(F)F)C1. The van der Waals surface area contributed by atoms with E-state index in [1.165, 1.54) is 0 Å². The van der Waals surface area contributed by atoms with E-state index < -0.39 is 48.4 Å². The number of nitro groups is 1. The van der Waals surface area contributed by atoms with E-state index in [-0.39, 0.29) is 16.9 Å². The van der Waals surface area contributed by atoms with Gasteiger partial charge in [0.05, 0.1) is 35.5 Å². The van der Waals surface area contributed by atoms with Crippen LogP contribution in [0.3, 0.4) is 0 Å². The first-order valence-corrected chi connectivity index (χ1v) is 13.3. The maximum Gasteiger partial charge on any atom is 0.419 e. The Morgan fingerprint density at radius 1 is 1.17 bits per heavy atom. The van der Waals surface area contributed by atoms with Gasteiger partial charge in [0.15, 0.2) is 4.21 Å². The van der Waals surface area contributed by atoms with Gasteiger partial charge in [-0.1, -0.05) is 11.3 Å². The van der Waals surface area contributed by atoms with Gasteiger partial charge >= 0.3 is 11.9 Å². The van der Waals surface area contributed by atoms with Crippen LogP contribution in [-0.2, 0) is 20.9 Å². The molecule has 1 N–H and O–H groups in total. The van der Waals surface area contributed by atoms with Gasteiger partial charge in [-0.05, 0) is 25.6 Å². The fraction of sp³-hybridized carbons (Fsp3) is 0.524. The van der Waals surface area contributed by atoms with Gasteiger partial charge in [0.1, 0.15) is 18.0 Å². The second-order valence-corrected chi connectivity index (χ2v) is 11.5. The molecule has 36 heavy (non-hydrogen) atoms. The van der Waals surface area contributed by atoms with E-state index in [1.807, 2.05) is 11.9 Å². The Bertz CT molecular complexity index is 1210. The van der Waals surface area contributed by atoms with E-state index >= 15 is 0 Å². The number of nitrogens with zero attached hydrogens (tertiary/aromatic N) is 2. The van der Waals surface area contributed by atoms with Gasteiger partial charge in [-0.3, -0.25) is 14.8 Å². The second-order valence-electron chi connectivity index (χ2n) is 8.53. The van der Waals surface area contributed by atoms with Gasteiger partial charge < -0.3 is 19.1 Å². The molecule has 0 saturated carbocycles. The van der Waals surface area contributed by atoms with Crippen molar-refractivity contribution in [2.45, 2.75) is 41.9 Å². The van der Waals surface area contributed by atoms with Crippen LogP contribution in [0.4, 0.5) is 24.5 Å². The fourth-order valence-electron chi connectivity index (χ4n) is 3.93. The Balaban J connectivity index is 1.59. The van der Waals surface area contributed by atoms with Crippen LogP contribution in [0.25, 0.3) is 0 Å². The normalized spacial score (nSPS) is 19.8. The number of hydrogen-bond donors (Lipinski definition) is 1. The van der Waals surface area contributed by atoms with Crippen molar-refractivity contribution in [3.05, 3.63) is 39.9 Å². The number of anilines is 1. The van der Waals surface area contributed by atoms with Gasteiger partial charge in [0, 0.05) is 32.0 Å². The monoisotopic (exact) mass is 551 g/mol. The van der Waals surface area contributed by atoms with Gasteiger partial charge in [-0.2, -0.15) is 13.2 Å². The van der Waals surface area contributed by atoms with Crippen LogP contribution in [0.2, 0.25) is 0 Å². The van der Waals surface area contributed by atoms with E-state index in [9.17, 15) is 31.7 Å². The Morgan fingerprint density at radius 2 is 1.89 bits per heavy atom. The Hall–Kier alpha value is -2.62. The molecule has 2 aliphatic rings. The summed E-state index contributed by atoms with van der Waals surface area (Å²) in [5.41, 5.74) is -1.71. The highest BCUT2D eigenvalue weighted by atomic mass is 32.2. The number of sulfonamides is 1. The molecule has 15 heteroatoms. The lowest BCUT2D eigenvalue weighted by Crippen LogP contribution is -2.25. The van der Waals surface area contributed by atoms with E-state index in [0.717, 1.165) is 24.3 Å². The first-order valence-electron chi connectivity index (χ1n) is 11.0. The number of hydrogen-bond acceptors (Lipinski definition) is 9. The van der Waals surface area contributed by atoms with Crippen LogP contribution in [0.1, 0.15) is 24.8 Å². The highest BCUT2D eigenvalue weighted by Gasteiger charge is 2.36. The topological polar surface area (TPSA) is 120 Å². The molecule has 3 heterocycles. The molecule has 0 radical (unpaired) electrons. The van der Waals surface area contributed by atoms with Crippen molar-refractivity contribution >= 4 is 32.7 Å². The number of ether oxygens (including phenoxy) is 3. The minimum Gasteiger partial charge on any atom is -0.488 e. The predicted molar refractivity (Wildman–Crippen MR) is 124 cm³/mol. The van der Waals surface area contributed by atoms with E-state index in [2.05, 4.69) is 4.72 Å². The highest BCUT2D eigenvalue weighted by Crippen LogP contribution is 2.42. The summed E-state index contributed by atoms with van der Waals surface area (Å²) in [6.45, 7) is 1.94. The molecule has 0 aliphatic carbocycles. The molecule has 0 spiro atoms. The van der Waals surface area contributed by atoms with Crippen molar-refractivity contribution in [2.75, 3.05) is 38.1 Å². The minimum atomic E-state index is -4.71. The number of benzene rings is 1. The van der Waals surface area contributed by atoms with E-state index in [1.54, 1.807) is 0 Å². The standard InChI is InChI=1S/C21H24F3N3O7S2/c1-26-7-4-15(12-26)33-18-10-13(2-3-16(18)21(22,23)24)25-36(30,31)19-11-17(27(28)29)20(35-19)34-14-5-8-32-9-6-14/h2-3,10-11,14-15,25H,4-9,12H2,1H3/t15-/m1/s1. The summed E-state index contributed by atoms with van der Waals surface area (Å²) >= 11 is 0.574. The summed E-state index contributed by atoms with van der Waals surface area (Å²) in [4.78, 5) is 12.7. The zero-order valence-electron chi connectivity index (χ0n) is 19.1. The first-order chi connectivity index (χ1) is 16.9. The molecule has 4 rings (SSSR count). The molecule has 0 bridgehead atoms. The maximum atomic E-state index is 13.5. The molecule has 1 aromatic heterocycles. The quantitative estimate of drug-likeness (QED) is 0.384. The van der Waals surface area contributed by atoms with Crippen LogP contribution in [-0.4, -0.2) is 63.8 Å². The number of rotatable bonds is 8. The zero-order chi connectivity index (χ0) is 26.1. The van der Waals surface area contributed by atoms with Crippen molar-refractivity contribution in [2.24, 2.45) is 0 Å². The smallest absolute Gasteiger partial charge is 0.419 e. The van der Waals surface area contributed by atoms with Gasteiger partial charge in [0.2, 0.25) is 0 Å². The Morgan fingerprint density at radius 3 is 2.50 bits per heavy atom. The predicted octanol–water partition coefficient (Wildman–Crippen LogP) is 4.12. The third kappa shape index (κ3) is 6.19. The summed E-state index contributed by atoms with van der Waals surface area (Å²) in [6.07, 6.45) is -4.02. The van der Waals surface area contributed by atoms with Crippen molar-refractivity contribution in [1.29, 1.82) is 0 Å². The van der Waals surface area contributed by atoms with Crippen LogP contribution in [0, 0.1) is 10.1 Å². The molecule has 2 aliphatic heterocycles. The number of halogens is 3. The molecule has 2 aromatic rings. The maximum absolute atomic E-state index is 13.5. The lowest BCUT2D eigenvalue weighted by molar-refractivity contribution is -0.385. The summed E-state index contributed by atoms with van der Waals surface area (Å²) < 4.78 is 84.9. The average Bonchev–Trinajstić information content (AvgIpc) is 3.40. The number of likely N-dealkylation sites (N-methyl/N-ethyl adjacent to an activating group) is 1. The van der Waals surface area contributed by atoms with Gasteiger partial charge in [0.25, 0.3) is 15.1 Å². The molecular formula is C21H24F3N3O7S2. The lowest BCUT2D eigenvalue weighted by atomic mass is 10.1. The summed E-state index contributed by atoms with van der Waals surface area (Å²) in [5, 5.41) is 11.3. The van der Waals surface area contributed by atoms with Gasteiger partial charge in [-0.25, -0.2) is 8.42 Å². The first kappa shape index (κ1) is 26.4. The zero-order valence-corrected chi connectivity index (χ0v) is 20.7. The molecule has 2 fully saturated rings.